The van der Waals surface area contributed by atoms with E-state index >= 15 is 0 Å². The summed E-state index contributed by atoms with van der Waals surface area (Å²) in [6.07, 6.45) is 0.178. The number of anilines is 1. The fourth-order valence-corrected chi connectivity index (χ4v) is 1.39. The van der Waals surface area contributed by atoms with Crippen molar-refractivity contribution in [3.8, 4) is 0 Å². The Morgan fingerprint density at radius 2 is 2.22 bits per heavy atom. The van der Waals surface area contributed by atoms with Gasteiger partial charge in [0.25, 0.3) is 5.91 Å². The van der Waals surface area contributed by atoms with Gasteiger partial charge < -0.3 is 15.4 Å². The van der Waals surface area contributed by atoms with Crippen LogP contribution in [0.4, 0.5) is 5.82 Å². The zero-order valence-corrected chi connectivity index (χ0v) is 11.2. The third-order valence-corrected chi connectivity index (χ3v) is 2.18. The zero-order valence-electron chi connectivity index (χ0n) is 11.2. The summed E-state index contributed by atoms with van der Waals surface area (Å²) >= 11 is 0. The van der Waals surface area contributed by atoms with Crippen LogP contribution in [0, 0.1) is 0 Å². The quantitative estimate of drug-likeness (QED) is 0.724. The van der Waals surface area contributed by atoms with Gasteiger partial charge in [-0.2, -0.15) is 0 Å². The Bertz CT molecular complexity index is 380. The lowest BCUT2D eigenvalue weighted by atomic mass is 10.3. The highest BCUT2D eigenvalue weighted by molar-refractivity contribution is 5.92. The Kier molecular flexibility index (Phi) is 6.14. The molecule has 0 saturated heterocycles. The van der Waals surface area contributed by atoms with Crippen LogP contribution in [0.1, 0.15) is 31.3 Å². The van der Waals surface area contributed by atoms with Crippen LogP contribution in [0.2, 0.25) is 0 Å². The van der Waals surface area contributed by atoms with Crippen LogP contribution in [0.3, 0.4) is 0 Å². The van der Waals surface area contributed by atoms with E-state index in [1.165, 1.54) is 0 Å². The minimum atomic E-state index is -0.179. The van der Waals surface area contributed by atoms with Gasteiger partial charge in [0, 0.05) is 13.1 Å². The number of ether oxygens (including phenoxy) is 1. The molecule has 5 heteroatoms. The minimum absolute atomic E-state index is 0.178. The Morgan fingerprint density at radius 3 is 2.89 bits per heavy atom. The van der Waals surface area contributed by atoms with Crippen molar-refractivity contribution < 1.29 is 9.53 Å². The van der Waals surface area contributed by atoms with Crippen molar-refractivity contribution in [2.24, 2.45) is 0 Å². The number of amides is 1. The molecular weight excluding hydrogens is 230 g/mol. The van der Waals surface area contributed by atoms with Gasteiger partial charge in [-0.05, 0) is 32.9 Å². The van der Waals surface area contributed by atoms with Crippen molar-refractivity contribution in [2.75, 3.05) is 25.0 Å². The number of carbonyl (C=O) groups is 1. The number of nitrogens with one attached hydrogen (secondary N) is 2. The van der Waals surface area contributed by atoms with Crippen molar-refractivity contribution in [3.63, 3.8) is 0 Å². The third-order valence-electron chi connectivity index (χ3n) is 2.18. The van der Waals surface area contributed by atoms with Gasteiger partial charge in [0.1, 0.15) is 11.5 Å². The fourth-order valence-electron chi connectivity index (χ4n) is 1.39. The van der Waals surface area contributed by atoms with Crippen molar-refractivity contribution in [3.05, 3.63) is 23.9 Å². The summed E-state index contributed by atoms with van der Waals surface area (Å²) in [5.74, 6) is 0.533. The summed E-state index contributed by atoms with van der Waals surface area (Å²) in [4.78, 5) is 16.0. The zero-order chi connectivity index (χ0) is 13.4. The Balaban J connectivity index is 2.43. The molecule has 0 radical (unpaired) electrons. The number of aromatic nitrogens is 1. The first-order chi connectivity index (χ1) is 8.63. The van der Waals surface area contributed by atoms with E-state index < -0.39 is 0 Å². The number of carbonyl (C=O) groups excluding carboxylic acids is 1. The number of hydrogen-bond donors (Lipinski definition) is 2. The average Bonchev–Trinajstić information content (AvgIpc) is 2.35. The van der Waals surface area contributed by atoms with E-state index in [0.29, 0.717) is 24.7 Å². The maximum absolute atomic E-state index is 11.8. The van der Waals surface area contributed by atoms with E-state index in [2.05, 4.69) is 15.6 Å². The highest BCUT2D eigenvalue weighted by Crippen LogP contribution is 2.04. The summed E-state index contributed by atoms with van der Waals surface area (Å²) in [5.41, 5.74) is 0.415. The second-order valence-corrected chi connectivity index (χ2v) is 4.11. The monoisotopic (exact) mass is 251 g/mol. The van der Waals surface area contributed by atoms with Crippen LogP contribution in [0.15, 0.2) is 18.2 Å². The first-order valence-electron chi connectivity index (χ1n) is 6.24. The summed E-state index contributed by atoms with van der Waals surface area (Å²) in [6.45, 7) is 7.69. The van der Waals surface area contributed by atoms with Crippen LogP contribution in [-0.2, 0) is 4.74 Å². The number of hydrogen-bond acceptors (Lipinski definition) is 4. The molecule has 1 aromatic rings. The number of pyridine rings is 1. The Labute approximate surface area is 108 Å². The molecule has 5 nitrogen and oxygen atoms in total. The van der Waals surface area contributed by atoms with Gasteiger partial charge in [-0.15, -0.1) is 0 Å². The summed E-state index contributed by atoms with van der Waals surface area (Å²) in [6, 6.07) is 5.34. The SMILES string of the molecule is CCNc1cccc(C(=O)NCCOC(C)C)n1. The smallest absolute Gasteiger partial charge is 0.270 e. The molecule has 0 aliphatic heterocycles. The van der Waals surface area contributed by atoms with E-state index in [1.54, 1.807) is 6.07 Å². The lowest BCUT2D eigenvalue weighted by molar-refractivity contribution is 0.0745. The standard InChI is InChI=1S/C13H21N3O2/c1-4-14-12-7-5-6-11(16-12)13(17)15-8-9-18-10(2)3/h5-7,10H,4,8-9H2,1-3H3,(H,14,16)(H,15,17). The van der Waals surface area contributed by atoms with Gasteiger partial charge in [0.15, 0.2) is 0 Å². The molecule has 2 N–H and O–H groups in total. The third kappa shape index (κ3) is 5.14. The summed E-state index contributed by atoms with van der Waals surface area (Å²) in [7, 11) is 0. The lowest BCUT2D eigenvalue weighted by Gasteiger charge is -2.09. The van der Waals surface area contributed by atoms with Crippen molar-refractivity contribution in [1.82, 2.24) is 10.3 Å². The average molecular weight is 251 g/mol. The van der Waals surface area contributed by atoms with Crippen LogP contribution in [0.5, 0.6) is 0 Å². The summed E-state index contributed by atoms with van der Waals surface area (Å²) in [5, 5.41) is 5.84. The predicted octanol–water partition coefficient (Wildman–Crippen LogP) is 1.67. The molecule has 0 saturated carbocycles. The molecule has 100 valence electrons. The van der Waals surface area contributed by atoms with Crippen molar-refractivity contribution in [2.45, 2.75) is 26.9 Å². The van der Waals surface area contributed by atoms with Crippen molar-refractivity contribution in [1.29, 1.82) is 0 Å². The Hall–Kier alpha value is -1.62. The number of nitrogens with zero attached hydrogens (tertiary/aromatic N) is 1. The van der Waals surface area contributed by atoms with Crippen LogP contribution < -0.4 is 10.6 Å². The molecule has 1 rings (SSSR count). The lowest BCUT2D eigenvalue weighted by Crippen LogP contribution is -2.28. The Morgan fingerprint density at radius 1 is 1.44 bits per heavy atom. The molecule has 0 atom stereocenters. The van der Waals surface area contributed by atoms with Gasteiger partial charge in [-0.3, -0.25) is 4.79 Å². The highest BCUT2D eigenvalue weighted by atomic mass is 16.5. The molecule has 0 spiro atoms. The van der Waals surface area contributed by atoms with E-state index in [-0.39, 0.29) is 12.0 Å². The van der Waals surface area contributed by atoms with Gasteiger partial charge in [-0.1, -0.05) is 6.07 Å². The molecule has 18 heavy (non-hydrogen) atoms. The predicted molar refractivity (Wildman–Crippen MR) is 71.8 cm³/mol. The van der Waals surface area contributed by atoms with Crippen LogP contribution in [-0.4, -0.2) is 36.7 Å². The molecule has 0 fully saturated rings. The fraction of sp³-hybridized carbons (Fsp3) is 0.538. The second kappa shape index (κ2) is 7.66. The van der Waals surface area contributed by atoms with Gasteiger partial charge in [-0.25, -0.2) is 4.98 Å². The second-order valence-electron chi connectivity index (χ2n) is 4.11. The molecule has 1 amide bonds. The molecule has 0 aliphatic rings. The topological polar surface area (TPSA) is 63.2 Å². The van der Waals surface area contributed by atoms with Crippen molar-refractivity contribution >= 4 is 11.7 Å². The summed E-state index contributed by atoms with van der Waals surface area (Å²) < 4.78 is 5.34. The molecule has 1 heterocycles. The molecule has 0 aromatic carbocycles. The van der Waals surface area contributed by atoms with Crippen LogP contribution >= 0.6 is 0 Å². The normalized spacial score (nSPS) is 10.4. The highest BCUT2D eigenvalue weighted by Gasteiger charge is 2.07. The van der Waals surface area contributed by atoms with E-state index in [9.17, 15) is 4.79 Å². The van der Waals surface area contributed by atoms with E-state index in [1.807, 2.05) is 32.9 Å². The van der Waals surface area contributed by atoms with Gasteiger partial charge in [0.05, 0.1) is 12.7 Å². The largest absolute Gasteiger partial charge is 0.377 e. The first-order valence-corrected chi connectivity index (χ1v) is 6.24. The first kappa shape index (κ1) is 14.4. The molecule has 1 aromatic heterocycles. The van der Waals surface area contributed by atoms with E-state index in [4.69, 9.17) is 4.74 Å². The van der Waals surface area contributed by atoms with Gasteiger partial charge in [0.2, 0.25) is 0 Å². The maximum atomic E-state index is 11.8. The molecular formula is C13H21N3O2. The molecule has 0 unspecified atom stereocenters. The maximum Gasteiger partial charge on any atom is 0.270 e. The van der Waals surface area contributed by atoms with E-state index in [0.717, 1.165) is 6.54 Å². The van der Waals surface area contributed by atoms with Gasteiger partial charge >= 0.3 is 0 Å². The number of rotatable bonds is 7. The molecule has 0 aliphatic carbocycles. The molecule has 0 bridgehead atoms. The van der Waals surface area contributed by atoms with Crippen LogP contribution in [0.25, 0.3) is 0 Å². The minimum Gasteiger partial charge on any atom is -0.377 e.